The van der Waals surface area contributed by atoms with Crippen LogP contribution in [0.2, 0.25) is 0 Å². The normalized spacial score (nSPS) is 11.9. The summed E-state index contributed by atoms with van der Waals surface area (Å²) in [7, 11) is -4.80. The predicted molar refractivity (Wildman–Crippen MR) is 95.6 cm³/mol. The highest BCUT2D eigenvalue weighted by Crippen LogP contribution is 2.45. The molecule has 6 nitrogen and oxygen atoms in total. The van der Waals surface area contributed by atoms with Crippen LogP contribution in [0.3, 0.4) is 0 Å². The Hall–Kier alpha value is -2.47. The lowest BCUT2D eigenvalue weighted by Crippen LogP contribution is -1.99. The van der Waals surface area contributed by atoms with Gasteiger partial charge in [-0.05, 0) is 42.3 Å². The molecule has 0 amide bonds. The van der Waals surface area contributed by atoms with Crippen LogP contribution in [-0.2, 0) is 4.57 Å². The molecule has 0 radical (unpaired) electrons. The third kappa shape index (κ3) is 3.85. The molecule has 2 aromatic carbocycles. The molecule has 0 atom stereocenters. The van der Waals surface area contributed by atoms with E-state index in [4.69, 9.17) is 14.3 Å². The van der Waals surface area contributed by atoms with E-state index in [9.17, 15) is 14.1 Å². The van der Waals surface area contributed by atoms with Crippen LogP contribution >= 0.6 is 7.82 Å². The van der Waals surface area contributed by atoms with E-state index in [1.54, 1.807) is 26.0 Å². The standard InChI is InChI=1S/C18H17FNO5P/c1-10(2)18-16(21)8-12(9-17(18)25-26(22,23)24)15-5-3-11-7-13(19)4-6-14(11)20-15/h3-10,21H,1-2H3,(H2,22,23,24). The van der Waals surface area contributed by atoms with Gasteiger partial charge in [0, 0.05) is 16.5 Å². The molecule has 0 bridgehead atoms. The van der Waals surface area contributed by atoms with Gasteiger partial charge in [-0.1, -0.05) is 19.9 Å². The molecule has 8 heteroatoms. The molecular formula is C18H17FNO5P. The van der Waals surface area contributed by atoms with Gasteiger partial charge in [-0.3, -0.25) is 9.79 Å². The number of phenolic OH excluding ortho intramolecular Hbond substituents is 1. The highest BCUT2D eigenvalue weighted by Gasteiger charge is 2.23. The number of phenols is 1. The molecule has 136 valence electrons. The molecule has 0 fully saturated rings. The molecule has 1 aromatic heterocycles. The Kier molecular flexibility index (Phi) is 4.71. The Morgan fingerprint density at radius 1 is 1.12 bits per heavy atom. The van der Waals surface area contributed by atoms with Crippen molar-refractivity contribution in [3.8, 4) is 22.8 Å². The van der Waals surface area contributed by atoms with E-state index in [-0.39, 0.29) is 23.2 Å². The largest absolute Gasteiger partial charge is 0.524 e. The monoisotopic (exact) mass is 377 g/mol. The van der Waals surface area contributed by atoms with Crippen LogP contribution in [0.25, 0.3) is 22.2 Å². The molecule has 3 aromatic rings. The van der Waals surface area contributed by atoms with Crippen molar-refractivity contribution in [2.24, 2.45) is 0 Å². The Morgan fingerprint density at radius 3 is 2.50 bits per heavy atom. The van der Waals surface area contributed by atoms with Crippen molar-refractivity contribution < 1.29 is 28.4 Å². The fourth-order valence-corrected chi connectivity index (χ4v) is 3.21. The number of nitrogens with zero attached hydrogens (tertiary/aromatic N) is 1. The molecule has 3 N–H and O–H groups in total. The molecule has 0 aliphatic carbocycles. The number of aromatic hydroxyl groups is 1. The first kappa shape index (κ1) is 18.3. The number of hydrogen-bond donors (Lipinski definition) is 3. The van der Waals surface area contributed by atoms with Gasteiger partial charge in [-0.15, -0.1) is 0 Å². The van der Waals surface area contributed by atoms with Gasteiger partial charge in [0.05, 0.1) is 11.2 Å². The van der Waals surface area contributed by atoms with Crippen molar-refractivity contribution in [1.82, 2.24) is 4.98 Å². The van der Waals surface area contributed by atoms with E-state index in [0.717, 1.165) is 0 Å². The van der Waals surface area contributed by atoms with Crippen molar-refractivity contribution in [2.45, 2.75) is 19.8 Å². The van der Waals surface area contributed by atoms with Gasteiger partial charge >= 0.3 is 7.82 Å². The smallest absolute Gasteiger partial charge is 0.507 e. The second-order valence-electron chi connectivity index (χ2n) is 6.18. The summed E-state index contributed by atoms with van der Waals surface area (Å²) in [5.74, 6) is -0.854. The second kappa shape index (κ2) is 6.68. The lowest BCUT2D eigenvalue weighted by molar-refractivity contribution is 0.281. The van der Waals surface area contributed by atoms with Gasteiger partial charge in [-0.2, -0.15) is 0 Å². The fourth-order valence-electron chi connectivity index (χ4n) is 2.80. The number of halogens is 1. The molecule has 0 aliphatic heterocycles. The van der Waals surface area contributed by atoms with E-state index >= 15 is 0 Å². The zero-order valence-electron chi connectivity index (χ0n) is 14.0. The maximum absolute atomic E-state index is 13.3. The summed E-state index contributed by atoms with van der Waals surface area (Å²) >= 11 is 0. The van der Waals surface area contributed by atoms with Crippen molar-refractivity contribution >= 4 is 18.7 Å². The Bertz CT molecular complexity index is 1030. The summed E-state index contributed by atoms with van der Waals surface area (Å²) < 4.78 is 29.3. The topological polar surface area (TPSA) is 99.9 Å². The lowest BCUT2D eigenvalue weighted by Gasteiger charge is -2.17. The van der Waals surface area contributed by atoms with Crippen LogP contribution < -0.4 is 4.52 Å². The summed E-state index contributed by atoms with van der Waals surface area (Å²) in [4.78, 5) is 22.7. The quantitative estimate of drug-likeness (QED) is 0.585. The molecule has 26 heavy (non-hydrogen) atoms. The number of aromatic nitrogens is 1. The van der Waals surface area contributed by atoms with E-state index < -0.39 is 7.82 Å². The van der Waals surface area contributed by atoms with E-state index in [1.165, 1.54) is 30.3 Å². The van der Waals surface area contributed by atoms with E-state index in [1.807, 2.05) is 0 Å². The van der Waals surface area contributed by atoms with Gasteiger partial charge in [0.25, 0.3) is 0 Å². The zero-order valence-corrected chi connectivity index (χ0v) is 14.9. The van der Waals surface area contributed by atoms with Gasteiger partial charge in [0.15, 0.2) is 0 Å². The molecule has 0 saturated heterocycles. The number of fused-ring (bicyclic) bond motifs is 1. The third-order valence-electron chi connectivity index (χ3n) is 3.86. The van der Waals surface area contributed by atoms with Crippen LogP contribution in [0.15, 0.2) is 42.5 Å². The van der Waals surface area contributed by atoms with Gasteiger partial charge < -0.3 is 9.63 Å². The average molecular weight is 377 g/mol. The maximum atomic E-state index is 13.3. The van der Waals surface area contributed by atoms with Crippen molar-refractivity contribution in [3.63, 3.8) is 0 Å². The Labute approximate surface area is 149 Å². The first-order valence-electron chi connectivity index (χ1n) is 7.83. The second-order valence-corrected chi connectivity index (χ2v) is 7.34. The van der Waals surface area contributed by atoms with Crippen molar-refractivity contribution in [1.29, 1.82) is 0 Å². The van der Waals surface area contributed by atoms with Crippen molar-refractivity contribution in [3.05, 3.63) is 53.8 Å². The Morgan fingerprint density at radius 2 is 1.85 bits per heavy atom. The maximum Gasteiger partial charge on any atom is 0.524 e. The first-order chi connectivity index (χ1) is 12.1. The molecule has 0 spiro atoms. The fraction of sp³-hybridized carbons (Fsp3) is 0.167. The number of phosphoric acid groups is 1. The third-order valence-corrected chi connectivity index (χ3v) is 4.30. The lowest BCUT2D eigenvalue weighted by atomic mass is 9.97. The van der Waals surface area contributed by atoms with Crippen LogP contribution in [-0.4, -0.2) is 19.9 Å². The summed E-state index contributed by atoms with van der Waals surface area (Å²) in [6.07, 6.45) is 0. The molecule has 0 saturated carbocycles. The van der Waals surface area contributed by atoms with Crippen molar-refractivity contribution in [2.75, 3.05) is 0 Å². The minimum absolute atomic E-state index is 0.107. The minimum atomic E-state index is -4.80. The Balaban J connectivity index is 2.16. The summed E-state index contributed by atoms with van der Waals surface area (Å²) in [5, 5.41) is 11.0. The predicted octanol–water partition coefficient (Wildman–Crippen LogP) is 4.34. The van der Waals surface area contributed by atoms with E-state index in [2.05, 4.69) is 4.98 Å². The zero-order chi connectivity index (χ0) is 19.1. The SMILES string of the molecule is CC(C)c1c(O)cc(-c2ccc3cc(F)ccc3n2)cc1OP(=O)(O)O. The molecule has 0 unspecified atom stereocenters. The number of phosphoric ester groups is 1. The summed E-state index contributed by atoms with van der Waals surface area (Å²) in [5.41, 5.74) is 1.71. The van der Waals surface area contributed by atoms with Crippen LogP contribution in [0, 0.1) is 5.82 Å². The summed E-state index contributed by atoms with van der Waals surface area (Å²) in [6, 6.07) is 10.4. The number of hydrogen-bond acceptors (Lipinski definition) is 4. The minimum Gasteiger partial charge on any atom is -0.507 e. The highest BCUT2D eigenvalue weighted by atomic mass is 31.2. The van der Waals surface area contributed by atoms with Gasteiger partial charge in [0.2, 0.25) is 0 Å². The number of rotatable bonds is 4. The van der Waals surface area contributed by atoms with Gasteiger partial charge in [-0.25, -0.2) is 13.9 Å². The van der Waals surface area contributed by atoms with Crippen LogP contribution in [0.1, 0.15) is 25.3 Å². The van der Waals surface area contributed by atoms with E-state index in [0.29, 0.717) is 27.7 Å². The molecule has 3 rings (SSSR count). The highest BCUT2D eigenvalue weighted by molar-refractivity contribution is 7.46. The van der Waals surface area contributed by atoms with Crippen LogP contribution in [0.5, 0.6) is 11.5 Å². The molecule has 0 aliphatic rings. The molecule has 1 heterocycles. The van der Waals surface area contributed by atoms with Gasteiger partial charge in [0.1, 0.15) is 17.3 Å². The number of benzene rings is 2. The number of pyridine rings is 1. The first-order valence-corrected chi connectivity index (χ1v) is 9.36. The molecular weight excluding hydrogens is 360 g/mol. The summed E-state index contributed by atoms with van der Waals surface area (Å²) in [6.45, 7) is 3.54. The van der Waals surface area contributed by atoms with Crippen LogP contribution in [0.4, 0.5) is 4.39 Å². The average Bonchev–Trinajstić information content (AvgIpc) is 2.51.